The van der Waals surface area contributed by atoms with E-state index in [1.807, 2.05) is 12.4 Å². The van der Waals surface area contributed by atoms with E-state index in [1.54, 1.807) is 11.3 Å². The molecule has 1 aliphatic carbocycles. The van der Waals surface area contributed by atoms with Crippen molar-refractivity contribution in [2.45, 2.75) is 57.2 Å². The number of rotatable bonds is 4. The smallest absolute Gasteiger partial charge is 0.237 e. The van der Waals surface area contributed by atoms with Crippen LogP contribution >= 0.6 is 11.3 Å². The second-order valence-corrected chi connectivity index (χ2v) is 7.86. The van der Waals surface area contributed by atoms with Gasteiger partial charge in [-0.25, -0.2) is 4.98 Å². The molecule has 24 heavy (non-hydrogen) atoms. The van der Waals surface area contributed by atoms with Crippen LogP contribution < -0.4 is 10.6 Å². The second-order valence-electron chi connectivity index (χ2n) is 7.01. The Morgan fingerprint density at radius 1 is 1.58 bits per heavy atom. The standard InChI is InChI=1S/C18H25N3O2S/c1-11(21-17(23)15-8-14(22)9-19-15)13-4-6-18(3,7-5-13)16-12(2)20-10-24-16/h4-6,10-11,14-15,19,22H,7-9H2,1-3H3,(H,21,23)/t11-,14+,15-,18?/m0/s1. The molecule has 1 unspecified atom stereocenters. The van der Waals surface area contributed by atoms with Crippen molar-refractivity contribution in [2.24, 2.45) is 0 Å². The molecule has 6 heteroatoms. The number of carbonyl (C=O) groups excluding carboxylic acids is 1. The normalized spacial score (nSPS) is 30.9. The second kappa shape index (κ2) is 6.78. The topological polar surface area (TPSA) is 74.2 Å². The summed E-state index contributed by atoms with van der Waals surface area (Å²) in [5.74, 6) is -0.0417. The Morgan fingerprint density at radius 3 is 2.92 bits per heavy atom. The van der Waals surface area contributed by atoms with Gasteiger partial charge in [-0.2, -0.15) is 0 Å². The van der Waals surface area contributed by atoms with Crippen LogP contribution in [0.3, 0.4) is 0 Å². The van der Waals surface area contributed by atoms with E-state index in [0.29, 0.717) is 13.0 Å². The van der Waals surface area contributed by atoms with E-state index in [2.05, 4.69) is 47.7 Å². The molecule has 1 fully saturated rings. The summed E-state index contributed by atoms with van der Waals surface area (Å²) in [5, 5.41) is 15.6. The molecule has 1 aliphatic heterocycles. The predicted octanol–water partition coefficient (Wildman–Crippen LogP) is 1.82. The number of aryl methyl sites for hydroxylation is 1. The van der Waals surface area contributed by atoms with Crippen molar-refractivity contribution in [1.29, 1.82) is 0 Å². The van der Waals surface area contributed by atoms with E-state index in [0.717, 1.165) is 17.7 Å². The van der Waals surface area contributed by atoms with Gasteiger partial charge in [-0.15, -0.1) is 11.3 Å². The van der Waals surface area contributed by atoms with E-state index in [9.17, 15) is 9.90 Å². The van der Waals surface area contributed by atoms with Crippen molar-refractivity contribution in [3.63, 3.8) is 0 Å². The Hall–Kier alpha value is -1.50. The SMILES string of the molecule is Cc1ncsc1C1(C)C=CC([C@H](C)NC(=O)[C@@H]2C[C@@H](O)CN2)=CC1. The third kappa shape index (κ3) is 3.45. The minimum absolute atomic E-state index is 0.0183. The number of β-amino-alcohol motifs (C(OH)–C–C–N with tert-alkyl or cyclic N) is 1. The zero-order valence-electron chi connectivity index (χ0n) is 14.4. The molecule has 3 rings (SSSR count). The molecule has 130 valence electrons. The lowest BCUT2D eigenvalue weighted by Crippen LogP contribution is -2.44. The van der Waals surface area contributed by atoms with Gasteiger partial charge in [0.25, 0.3) is 0 Å². The van der Waals surface area contributed by atoms with E-state index in [4.69, 9.17) is 0 Å². The average Bonchev–Trinajstić information content (AvgIpc) is 3.16. The summed E-state index contributed by atoms with van der Waals surface area (Å²) in [6.45, 7) is 6.77. The van der Waals surface area contributed by atoms with E-state index < -0.39 is 6.10 Å². The first kappa shape index (κ1) is 17.3. The molecule has 3 N–H and O–H groups in total. The Bertz CT molecular complexity index is 682. The first-order valence-electron chi connectivity index (χ1n) is 8.41. The van der Waals surface area contributed by atoms with Gasteiger partial charge in [0, 0.05) is 16.8 Å². The summed E-state index contributed by atoms with van der Waals surface area (Å²) in [6, 6.07) is -0.332. The van der Waals surface area contributed by atoms with Crippen molar-refractivity contribution in [2.75, 3.05) is 6.54 Å². The van der Waals surface area contributed by atoms with Crippen LogP contribution in [-0.4, -0.2) is 40.7 Å². The highest BCUT2D eigenvalue weighted by molar-refractivity contribution is 7.10. The Kier molecular flexibility index (Phi) is 4.90. The number of nitrogens with zero attached hydrogens (tertiary/aromatic N) is 1. The maximum atomic E-state index is 12.3. The lowest BCUT2D eigenvalue weighted by molar-refractivity contribution is -0.123. The summed E-state index contributed by atoms with van der Waals surface area (Å²) >= 11 is 1.70. The molecule has 2 aliphatic rings. The summed E-state index contributed by atoms with van der Waals surface area (Å²) in [7, 11) is 0. The van der Waals surface area contributed by atoms with Gasteiger partial charge in [0.2, 0.25) is 5.91 Å². The van der Waals surface area contributed by atoms with Gasteiger partial charge >= 0.3 is 0 Å². The molecule has 0 bridgehead atoms. The molecule has 2 heterocycles. The number of carbonyl (C=O) groups is 1. The number of aliphatic hydroxyl groups is 1. The first-order valence-corrected chi connectivity index (χ1v) is 9.29. The fourth-order valence-corrected chi connectivity index (χ4v) is 4.36. The van der Waals surface area contributed by atoms with Gasteiger partial charge in [0.15, 0.2) is 0 Å². The van der Waals surface area contributed by atoms with Crippen LogP contribution in [0.1, 0.15) is 37.3 Å². The molecule has 1 amide bonds. The molecule has 1 saturated heterocycles. The number of hydrogen-bond donors (Lipinski definition) is 3. The minimum atomic E-state index is -0.423. The molecule has 0 aromatic carbocycles. The Balaban J connectivity index is 1.62. The largest absolute Gasteiger partial charge is 0.392 e. The molecule has 0 spiro atoms. The van der Waals surface area contributed by atoms with Crippen molar-refractivity contribution in [1.82, 2.24) is 15.6 Å². The van der Waals surface area contributed by atoms with Crippen molar-refractivity contribution in [3.05, 3.63) is 39.9 Å². The fourth-order valence-electron chi connectivity index (χ4n) is 3.40. The van der Waals surface area contributed by atoms with Crippen molar-refractivity contribution >= 4 is 17.2 Å². The molecular formula is C18H25N3O2S. The van der Waals surface area contributed by atoms with Gasteiger partial charge in [-0.3, -0.25) is 4.79 Å². The Morgan fingerprint density at radius 2 is 2.38 bits per heavy atom. The average molecular weight is 347 g/mol. The quantitative estimate of drug-likeness (QED) is 0.777. The third-order valence-corrected chi connectivity index (χ3v) is 6.16. The lowest BCUT2D eigenvalue weighted by atomic mass is 9.79. The zero-order valence-corrected chi connectivity index (χ0v) is 15.2. The number of aliphatic hydroxyl groups excluding tert-OH is 1. The van der Waals surface area contributed by atoms with E-state index in [-0.39, 0.29) is 23.4 Å². The Labute approximate surface area is 146 Å². The van der Waals surface area contributed by atoms with Crippen LogP contribution in [0.25, 0.3) is 0 Å². The monoisotopic (exact) mass is 347 g/mol. The molecule has 0 saturated carbocycles. The summed E-state index contributed by atoms with van der Waals surface area (Å²) in [6.07, 6.45) is 7.51. The van der Waals surface area contributed by atoms with Gasteiger partial charge in [-0.05, 0) is 32.3 Å². The molecular weight excluding hydrogens is 322 g/mol. The van der Waals surface area contributed by atoms with Gasteiger partial charge in [0.05, 0.1) is 29.4 Å². The highest BCUT2D eigenvalue weighted by atomic mass is 32.1. The third-order valence-electron chi connectivity index (χ3n) is 4.95. The lowest BCUT2D eigenvalue weighted by Gasteiger charge is -2.29. The van der Waals surface area contributed by atoms with Crippen LogP contribution in [0, 0.1) is 6.92 Å². The maximum absolute atomic E-state index is 12.3. The molecule has 1 aromatic rings. The van der Waals surface area contributed by atoms with Crippen LogP contribution in [0.5, 0.6) is 0 Å². The molecule has 5 nitrogen and oxygen atoms in total. The van der Waals surface area contributed by atoms with Crippen LogP contribution in [-0.2, 0) is 10.2 Å². The number of allylic oxidation sites excluding steroid dienone is 2. The highest BCUT2D eigenvalue weighted by Crippen LogP contribution is 2.38. The number of thiazole rings is 1. The minimum Gasteiger partial charge on any atom is -0.392 e. The molecule has 1 aromatic heterocycles. The van der Waals surface area contributed by atoms with Crippen molar-refractivity contribution < 1.29 is 9.90 Å². The predicted molar refractivity (Wildman–Crippen MR) is 96.1 cm³/mol. The number of nitrogens with one attached hydrogen (secondary N) is 2. The first-order chi connectivity index (χ1) is 11.4. The number of aromatic nitrogens is 1. The van der Waals surface area contributed by atoms with Crippen LogP contribution in [0.2, 0.25) is 0 Å². The van der Waals surface area contributed by atoms with Crippen LogP contribution in [0.15, 0.2) is 29.3 Å². The van der Waals surface area contributed by atoms with E-state index in [1.165, 1.54) is 4.88 Å². The van der Waals surface area contributed by atoms with Gasteiger partial charge in [0.1, 0.15) is 0 Å². The van der Waals surface area contributed by atoms with Gasteiger partial charge in [-0.1, -0.05) is 25.2 Å². The summed E-state index contributed by atoms with van der Waals surface area (Å²) in [4.78, 5) is 17.9. The van der Waals surface area contributed by atoms with Crippen LogP contribution in [0.4, 0.5) is 0 Å². The number of hydrogen-bond acceptors (Lipinski definition) is 5. The van der Waals surface area contributed by atoms with Gasteiger partial charge < -0.3 is 15.7 Å². The van der Waals surface area contributed by atoms with E-state index >= 15 is 0 Å². The summed E-state index contributed by atoms with van der Waals surface area (Å²) in [5.41, 5.74) is 4.10. The van der Waals surface area contributed by atoms with Crippen molar-refractivity contribution in [3.8, 4) is 0 Å². The highest BCUT2D eigenvalue weighted by Gasteiger charge is 2.31. The molecule has 4 atom stereocenters. The zero-order chi connectivity index (χ0) is 17.3. The fraction of sp³-hybridized carbons (Fsp3) is 0.556. The number of amides is 1. The summed E-state index contributed by atoms with van der Waals surface area (Å²) < 4.78 is 0. The maximum Gasteiger partial charge on any atom is 0.237 e. The molecule has 0 radical (unpaired) electrons.